The maximum atomic E-state index is 5.61. The summed E-state index contributed by atoms with van der Waals surface area (Å²) in [4.78, 5) is 0. The van der Waals surface area contributed by atoms with Crippen LogP contribution in [0.3, 0.4) is 0 Å². The summed E-state index contributed by atoms with van der Waals surface area (Å²) in [6, 6.07) is 7.87. The van der Waals surface area contributed by atoms with E-state index in [1.165, 1.54) is 12.8 Å². The number of hydrogen-bond donors (Lipinski definition) is 1. The minimum Gasteiger partial charge on any atom is -0.491 e. The Morgan fingerprint density at radius 3 is 2.83 bits per heavy atom. The third-order valence-corrected chi connectivity index (χ3v) is 2.81. The molecule has 0 aromatic heterocycles. The fourth-order valence-electron chi connectivity index (χ4n) is 1.84. The first-order valence-corrected chi connectivity index (χ1v) is 6.75. The molecule has 18 heavy (non-hydrogen) atoms. The van der Waals surface area contributed by atoms with E-state index >= 15 is 0 Å². The van der Waals surface area contributed by atoms with Gasteiger partial charge < -0.3 is 15.2 Å². The molecule has 102 valence electrons. The predicted molar refractivity (Wildman–Crippen MR) is 74.7 cm³/mol. The molecule has 0 bridgehead atoms. The van der Waals surface area contributed by atoms with E-state index in [-0.39, 0.29) is 0 Å². The van der Waals surface area contributed by atoms with Crippen molar-refractivity contribution in [2.24, 2.45) is 11.7 Å². The Bertz CT molecular complexity index is 328. The van der Waals surface area contributed by atoms with Crippen LogP contribution in [0.15, 0.2) is 24.3 Å². The molecule has 1 rings (SSSR count). The van der Waals surface area contributed by atoms with Crippen LogP contribution >= 0.6 is 0 Å². The normalized spacial score (nSPS) is 12.4. The van der Waals surface area contributed by atoms with E-state index in [1.54, 1.807) is 0 Å². The molecule has 0 heterocycles. The summed E-state index contributed by atoms with van der Waals surface area (Å²) in [6.07, 6.45) is 2.44. The fraction of sp³-hybridized carbons (Fsp3) is 0.600. The molecule has 0 spiro atoms. The average molecular weight is 251 g/mol. The molecule has 0 amide bonds. The third kappa shape index (κ3) is 6.03. The Labute approximate surface area is 110 Å². The van der Waals surface area contributed by atoms with E-state index in [2.05, 4.69) is 13.8 Å². The number of hydrogen-bond acceptors (Lipinski definition) is 3. The van der Waals surface area contributed by atoms with Gasteiger partial charge in [0, 0.05) is 13.2 Å². The van der Waals surface area contributed by atoms with Crippen LogP contribution in [0.1, 0.15) is 32.3 Å². The van der Waals surface area contributed by atoms with Crippen LogP contribution in [-0.2, 0) is 11.3 Å². The first kappa shape index (κ1) is 15.0. The molecule has 0 aliphatic heterocycles. The van der Waals surface area contributed by atoms with Gasteiger partial charge in [-0.25, -0.2) is 0 Å². The lowest BCUT2D eigenvalue weighted by molar-refractivity contribution is 0.0758. The summed E-state index contributed by atoms with van der Waals surface area (Å²) in [7, 11) is 0. The van der Waals surface area contributed by atoms with E-state index < -0.39 is 0 Å². The van der Waals surface area contributed by atoms with Gasteiger partial charge >= 0.3 is 0 Å². The van der Waals surface area contributed by atoms with Gasteiger partial charge in [0.2, 0.25) is 0 Å². The largest absolute Gasteiger partial charge is 0.491 e. The highest BCUT2D eigenvalue weighted by atomic mass is 16.5. The third-order valence-electron chi connectivity index (χ3n) is 2.81. The molecule has 0 radical (unpaired) electrons. The number of nitrogens with two attached hydrogens (primary N) is 1. The van der Waals surface area contributed by atoms with Crippen molar-refractivity contribution in [1.82, 2.24) is 0 Å². The zero-order valence-corrected chi connectivity index (χ0v) is 11.5. The maximum Gasteiger partial charge on any atom is 0.119 e. The van der Waals surface area contributed by atoms with Gasteiger partial charge in [0.1, 0.15) is 12.4 Å². The van der Waals surface area contributed by atoms with E-state index in [1.807, 2.05) is 24.3 Å². The van der Waals surface area contributed by atoms with Crippen molar-refractivity contribution in [3.8, 4) is 5.75 Å². The van der Waals surface area contributed by atoms with E-state index in [0.29, 0.717) is 25.7 Å². The molecule has 0 aliphatic rings. The second-order valence-electron chi connectivity index (χ2n) is 4.67. The molecule has 3 nitrogen and oxygen atoms in total. The molecule has 0 saturated carbocycles. The van der Waals surface area contributed by atoms with Gasteiger partial charge in [0.25, 0.3) is 0 Å². The standard InChI is InChI=1S/C15H25NO2/c1-3-5-13(2)12-17-8-9-18-15-7-4-6-14(10-15)11-16/h4,6-7,10,13H,3,5,8-9,11-12,16H2,1-2H3. The number of benzene rings is 1. The molecule has 0 fully saturated rings. The van der Waals surface area contributed by atoms with Gasteiger partial charge in [-0.15, -0.1) is 0 Å². The Balaban J connectivity index is 2.13. The van der Waals surface area contributed by atoms with Gasteiger partial charge in [-0.3, -0.25) is 0 Å². The molecule has 0 saturated heterocycles. The Hall–Kier alpha value is -1.06. The SMILES string of the molecule is CCCC(C)COCCOc1cccc(CN)c1. The highest BCUT2D eigenvalue weighted by Gasteiger charge is 2.00. The van der Waals surface area contributed by atoms with Gasteiger partial charge in [0.15, 0.2) is 0 Å². The molecule has 3 heteroatoms. The first-order chi connectivity index (χ1) is 8.76. The van der Waals surface area contributed by atoms with Gasteiger partial charge in [-0.2, -0.15) is 0 Å². The fourth-order valence-corrected chi connectivity index (χ4v) is 1.84. The molecule has 2 N–H and O–H groups in total. The molecule has 1 unspecified atom stereocenters. The first-order valence-electron chi connectivity index (χ1n) is 6.75. The van der Waals surface area contributed by atoms with Crippen molar-refractivity contribution in [3.05, 3.63) is 29.8 Å². The summed E-state index contributed by atoms with van der Waals surface area (Å²) in [5.74, 6) is 1.50. The molecule has 0 aliphatic carbocycles. The second-order valence-corrected chi connectivity index (χ2v) is 4.67. The highest BCUT2D eigenvalue weighted by Crippen LogP contribution is 2.12. The summed E-state index contributed by atoms with van der Waals surface area (Å²) in [5, 5.41) is 0. The molecule has 1 aromatic rings. The van der Waals surface area contributed by atoms with Gasteiger partial charge in [-0.1, -0.05) is 32.4 Å². The van der Waals surface area contributed by atoms with Crippen molar-refractivity contribution >= 4 is 0 Å². The van der Waals surface area contributed by atoms with Crippen molar-refractivity contribution in [1.29, 1.82) is 0 Å². The summed E-state index contributed by atoms with van der Waals surface area (Å²) in [5.41, 5.74) is 6.66. The molecule has 1 aromatic carbocycles. The zero-order valence-electron chi connectivity index (χ0n) is 11.5. The molecular weight excluding hydrogens is 226 g/mol. The van der Waals surface area contributed by atoms with Crippen LogP contribution in [0.2, 0.25) is 0 Å². The monoisotopic (exact) mass is 251 g/mol. The minimum absolute atomic E-state index is 0.544. The molecular formula is C15H25NO2. The van der Waals surface area contributed by atoms with E-state index in [4.69, 9.17) is 15.2 Å². The summed E-state index contributed by atoms with van der Waals surface area (Å²) >= 11 is 0. The lowest BCUT2D eigenvalue weighted by Crippen LogP contribution is -2.11. The summed E-state index contributed by atoms with van der Waals surface area (Å²) < 4.78 is 11.2. The zero-order chi connectivity index (χ0) is 13.2. The average Bonchev–Trinajstić information content (AvgIpc) is 2.39. The highest BCUT2D eigenvalue weighted by molar-refractivity contribution is 5.28. The Morgan fingerprint density at radius 2 is 2.11 bits per heavy atom. The van der Waals surface area contributed by atoms with Crippen molar-refractivity contribution in [2.75, 3.05) is 19.8 Å². The van der Waals surface area contributed by atoms with Gasteiger partial charge in [0.05, 0.1) is 6.61 Å². The van der Waals surface area contributed by atoms with Crippen LogP contribution in [-0.4, -0.2) is 19.8 Å². The number of ether oxygens (including phenoxy) is 2. The lowest BCUT2D eigenvalue weighted by Gasteiger charge is -2.11. The lowest BCUT2D eigenvalue weighted by atomic mass is 10.1. The van der Waals surface area contributed by atoms with Crippen molar-refractivity contribution in [2.45, 2.75) is 33.2 Å². The quantitative estimate of drug-likeness (QED) is 0.686. The molecule has 1 atom stereocenters. The van der Waals surface area contributed by atoms with Crippen LogP contribution in [0.25, 0.3) is 0 Å². The van der Waals surface area contributed by atoms with Crippen LogP contribution in [0.4, 0.5) is 0 Å². The maximum absolute atomic E-state index is 5.61. The van der Waals surface area contributed by atoms with Crippen molar-refractivity contribution in [3.63, 3.8) is 0 Å². The topological polar surface area (TPSA) is 44.5 Å². The smallest absolute Gasteiger partial charge is 0.119 e. The summed E-state index contributed by atoms with van der Waals surface area (Å²) in [6.45, 7) is 7.01. The van der Waals surface area contributed by atoms with Crippen LogP contribution < -0.4 is 10.5 Å². The predicted octanol–water partition coefficient (Wildman–Crippen LogP) is 2.98. The Kier molecular flexibility index (Phi) is 7.46. The van der Waals surface area contributed by atoms with Gasteiger partial charge in [-0.05, 0) is 30.0 Å². The second kappa shape index (κ2) is 8.95. The Morgan fingerprint density at radius 1 is 1.28 bits per heavy atom. The van der Waals surface area contributed by atoms with Crippen molar-refractivity contribution < 1.29 is 9.47 Å². The van der Waals surface area contributed by atoms with E-state index in [0.717, 1.165) is 17.9 Å². The number of rotatable bonds is 9. The van der Waals surface area contributed by atoms with Crippen LogP contribution in [0.5, 0.6) is 5.75 Å². The van der Waals surface area contributed by atoms with Crippen LogP contribution in [0, 0.1) is 5.92 Å². The van der Waals surface area contributed by atoms with E-state index in [9.17, 15) is 0 Å². The minimum atomic E-state index is 0.544.